The van der Waals surface area contributed by atoms with Gasteiger partial charge in [0, 0.05) is 50.2 Å². The zero-order valence-electron chi connectivity index (χ0n) is 22.8. The number of benzene rings is 1. The maximum atomic E-state index is 13.3. The van der Waals surface area contributed by atoms with Crippen molar-refractivity contribution in [3.05, 3.63) is 41.3 Å². The van der Waals surface area contributed by atoms with E-state index in [0.29, 0.717) is 41.9 Å². The Morgan fingerprint density at radius 2 is 1.90 bits per heavy atom. The van der Waals surface area contributed by atoms with Gasteiger partial charge in [0.2, 0.25) is 5.88 Å². The van der Waals surface area contributed by atoms with Gasteiger partial charge < -0.3 is 29.9 Å². The molecule has 0 atom stereocenters. The second-order valence-corrected chi connectivity index (χ2v) is 12.2. The molecule has 0 radical (unpaired) electrons. The number of nitrogens with one attached hydrogen (secondary N) is 2. The lowest BCUT2D eigenvalue weighted by atomic mass is 10.1. The number of anilines is 2. The average molecular weight is 570 g/mol. The molecule has 3 aromatic rings. The minimum absolute atomic E-state index is 0.000684. The Balaban J connectivity index is 1.28. The van der Waals surface area contributed by atoms with E-state index in [9.17, 15) is 4.79 Å². The zero-order valence-corrected chi connectivity index (χ0v) is 24.5. The van der Waals surface area contributed by atoms with Crippen LogP contribution in [-0.2, 0) is 0 Å². The van der Waals surface area contributed by atoms with E-state index in [4.69, 9.17) is 9.47 Å². The molecular weight excluding hydrogens is 534 g/mol. The van der Waals surface area contributed by atoms with Crippen LogP contribution in [0.5, 0.6) is 11.6 Å². The molecule has 2 N–H and O–H groups in total. The third-order valence-electron chi connectivity index (χ3n) is 6.83. The molecule has 39 heavy (non-hydrogen) atoms. The van der Waals surface area contributed by atoms with Crippen LogP contribution in [0.4, 0.5) is 10.9 Å². The summed E-state index contributed by atoms with van der Waals surface area (Å²) in [4.78, 5) is 32.0. The Bertz CT molecular complexity index is 1300. The van der Waals surface area contributed by atoms with Crippen LogP contribution in [0, 0.1) is 13.8 Å². The Morgan fingerprint density at radius 1 is 1.13 bits per heavy atom. The summed E-state index contributed by atoms with van der Waals surface area (Å²) in [7, 11) is 3.74. The third kappa shape index (κ3) is 6.99. The average Bonchev–Trinajstić information content (AvgIpc) is 3.37. The number of nitrogens with zero attached hydrogens (tertiary/aromatic N) is 5. The molecule has 208 valence electrons. The SMILES string of the molecule is COc1cc(C)c(Sc2cnc(Nc3cc(OC4CCN(C)CC4)nc(C)n3)s2)cc1C(=O)N1CCNCC1. The third-order valence-corrected chi connectivity index (χ3v) is 9.00. The molecule has 0 aliphatic carbocycles. The van der Waals surface area contributed by atoms with Crippen LogP contribution in [0.15, 0.2) is 33.5 Å². The number of piperidine rings is 1. The molecule has 0 saturated carbocycles. The van der Waals surface area contributed by atoms with Gasteiger partial charge in [-0.25, -0.2) is 9.97 Å². The summed E-state index contributed by atoms with van der Waals surface area (Å²) in [5.41, 5.74) is 1.63. The highest BCUT2D eigenvalue weighted by molar-refractivity contribution is 8.01. The van der Waals surface area contributed by atoms with Crippen LogP contribution in [0.1, 0.15) is 34.6 Å². The van der Waals surface area contributed by atoms with Crippen molar-refractivity contribution >= 4 is 40.0 Å². The van der Waals surface area contributed by atoms with Crippen LogP contribution in [0.25, 0.3) is 0 Å². The van der Waals surface area contributed by atoms with E-state index in [-0.39, 0.29) is 12.0 Å². The van der Waals surface area contributed by atoms with E-state index in [0.717, 1.165) is 58.8 Å². The van der Waals surface area contributed by atoms with Crippen molar-refractivity contribution in [3.63, 3.8) is 0 Å². The molecule has 1 amide bonds. The van der Waals surface area contributed by atoms with Crippen molar-refractivity contribution in [2.45, 2.75) is 41.9 Å². The van der Waals surface area contributed by atoms with Gasteiger partial charge in [0.25, 0.3) is 5.91 Å². The van der Waals surface area contributed by atoms with Gasteiger partial charge >= 0.3 is 0 Å². The van der Waals surface area contributed by atoms with Crippen LogP contribution >= 0.6 is 23.1 Å². The molecule has 1 aromatic carbocycles. The van der Waals surface area contributed by atoms with Gasteiger partial charge in [-0.15, -0.1) is 0 Å². The number of hydrogen-bond donors (Lipinski definition) is 2. The second kappa shape index (κ2) is 12.5. The van der Waals surface area contributed by atoms with Crippen LogP contribution in [0.2, 0.25) is 0 Å². The highest BCUT2D eigenvalue weighted by atomic mass is 32.2. The number of methoxy groups -OCH3 is 1. The lowest BCUT2D eigenvalue weighted by Crippen LogP contribution is -2.46. The molecule has 4 heterocycles. The van der Waals surface area contributed by atoms with Gasteiger partial charge in [-0.3, -0.25) is 4.79 Å². The summed E-state index contributed by atoms with van der Waals surface area (Å²) in [5.74, 6) is 2.48. The first kappa shape index (κ1) is 27.6. The van der Waals surface area contributed by atoms with Crippen molar-refractivity contribution < 1.29 is 14.3 Å². The molecule has 2 aliphatic heterocycles. The highest BCUT2D eigenvalue weighted by Gasteiger charge is 2.23. The summed E-state index contributed by atoms with van der Waals surface area (Å²) in [5, 5.41) is 7.33. The van der Waals surface area contributed by atoms with Crippen molar-refractivity contribution in [2.24, 2.45) is 0 Å². The topological polar surface area (TPSA) is 105 Å². The van der Waals surface area contributed by atoms with Crippen LogP contribution in [-0.4, -0.2) is 90.2 Å². The Kier molecular flexibility index (Phi) is 8.85. The van der Waals surface area contributed by atoms with Crippen LogP contribution in [0.3, 0.4) is 0 Å². The highest BCUT2D eigenvalue weighted by Crippen LogP contribution is 2.39. The van der Waals surface area contributed by atoms with E-state index in [1.165, 1.54) is 11.3 Å². The predicted molar refractivity (Wildman–Crippen MR) is 154 cm³/mol. The predicted octanol–water partition coefficient (Wildman–Crippen LogP) is 3.97. The van der Waals surface area contributed by atoms with E-state index >= 15 is 0 Å². The van der Waals surface area contributed by atoms with Gasteiger partial charge in [-0.05, 0) is 51.4 Å². The summed E-state index contributed by atoms with van der Waals surface area (Å²) in [6.45, 7) is 8.93. The van der Waals surface area contributed by atoms with Gasteiger partial charge in [-0.1, -0.05) is 23.1 Å². The molecule has 2 fully saturated rings. The van der Waals surface area contributed by atoms with E-state index in [1.807, 2.05) is 43.1 Å². The number of ether oxygens (including phenoxy) is 2. The normalized spacial score (nSPS) is 16.8. The van der Waals surface area contributed by atoms with Gasteiger partial charge in [0.05, 0.1) is 23.1 Å². The molecule has 2 aliphatic rings. The number of aryl methyl sites for hydroxylation is 2. The summed E-state index contributed by atoms with van der Waals surface area (Å²) in [6, 6.07) is 5.71. The molecule has 5 rings (SSSR count). The van der Waals surface area contributed by atoms with E-state index in [2.05, 4.69) is 37.5 Å². The molecule has 12 heteroatoms. The van der Waals surface area contributed by atoms with Gasteiger partial charge in [0.15, 0.2) is 5.13 Å². The Hall–Kier alpha value is -2.93. The molecular formula is C27H35N7O3S2. The number of thiazole rings is 1. The van der Waals surface area contributed by atoms with Crippen molar-refractivity contribution in [2.75, 3.05) is 58.7 Å². The molecule has 0 unspecified atom stereocenters. The van der Waals surface area contributed by atoms with Crippen LogP contribution < -0.4 is 20.1 Å². The summed E-state index contributed by atoms with van der Waals surface area (Å²) in [6.07, 6.45) is 3.98. The summed E-state index contributed by atoms with van der Waals surface area (Å²) >= 11 is 3.12. The number of rotatable bonds is 8. The number of piperazine rings is 1. The summed E-state index contributed by atoms with van der Waals surface area (Å²) < 4.78 is 12.7. The zero-order chi connectivity index (χ0) is 27.4. The smallest absolute Gasteiger partial charge is 0.257 e. The fourth-order valence-corrected chi connectivity index (χ4v) is 6.61. The number of carbonyl (C=O) groups is 1. The minimum atomic E-state index is -0.000684. The first-order valence-electron chi connectivity index (χ1n) is 13.2. The Labute approximate surface area is 237 Å². The van der Waals surface area contributed by atoms with Gasteiger partial charge in [0.1, 0.15) is 23.5 Å². The number of hydrogen-bond acceptors (Lipinski definition) is 11. The first-order valence-corrected chi connectivity index (χ1v) is 14.8. The van der Waals surface area contributed by atoms with E-state index < -0.39 is 0 Å². The van der Waals surface area contributed by atoms with E-state index in [1.54, 1.807) is 18.9 Å². The number of likely N-dealkylation sites (tertiary alicyclic amines) is 1. The molecule has 0 bridgehead atoms. The maximum absolute atomic E-state index is 13.3. The number of carbonyl (C=O) groups excluding carboxylic acids is 1. The Morgan fingerprint density at radius 3 is 2.64 bits per heavy atom. The quantitative estimate of drug-likeness (QED) is 0.414. The minimum Gasteiger partial charge on any atom is -0.496 e. The second-order valence-electron chi connectivity index (χ2n) is 9.83. The largest absolute Gasteiger partial charge is 0.496 e. The fraction of sp³-hybridized carbons (Fsp3) is 0.481. The number of aromatic nitrogens is 3. The maximum Gasteiger partial charge on any atom is 0.257 e. The lowest BCUT2D eigenvalue weighted by molar-refractivity contribution is 0.0732. The van der Waals surface area contributed by atoms with Gasteiger partial charge in [-0.2, -0.15) is 4.98 Å². The standard InChI is InChI=1S/C27H35N7O3S2/c1-17-13-21(36-4)20(26(35)34-11-7-28-8-12-34)14-22(17)38-25-16-29-27(39-25)32-23-15-24(31-18(2)30-23)37-19-5-9-33(3)10-6-19/h13-16,19,28H,5-12H2,1-4H3,(H,29,30,31,32). The molecule has 10 nitrogen and oxygen atoms in total. The first-order chi connectivity index (χ1) is 18.9. The molecule has 0 spiro atoms. The number of amides is 1. The molecule has 2 aromatic heterocycles. The van der Waals surface area contributed by atoms with Crippen molar-refractivity contribution in [1.82, 2.24) is 30.1 Å². The van der Waals surface area contributed by atoms with Crippen molar-refractivity contribution in [3.8, 4) is 11.6 Å². The fourth-order valence-electron chi connectivity index (χ4n) is 4.67. The van der Waals surface area contributed by atoms with Crippen molar-refractivity contribution in [1.29, 1.82) is 0 Å². The monoisotopic (exact) mass is 569 g/mol. The molecule has 2 saturated heterocycles. The lowest BCUT2D eigenvalue weighted by Gasteiger charge is -2.29.